The first-order valence-corrected chi connectivity index (χ1v) is 11.0. The number of methoxy groups -OCH3 is 2. The largest absolute Gasteiger partial charge is 0.497 e. The van der Waals surface area contributed by atoms with Crippen molar-refractivity contribution in [3.63, 3.8) is 0 Å². The van der Waals surface area contributed by atoms with Crippen LogP contribution in [0.25, 0.3) is 0 Å². The lowest BCUT2D eigenvalue weighted by Crippen LogP contribution is -2.41. The predicted molar refractivity (Wildman–Crippen MR) is 114 cm³/mol. The van der Waals surface area contributed by atoms with Gasteiger partial charge in [-0.1, -0.05) is 17.7 Å². The molecule has 1 unspecified atom stereocenters. The molecule has 7 nitrogen and oxygen atoms in total. The van der Waals surface area contributed by atoms with Crippen LogP contribution < -0.4 is 19.1 Å². The van der Waals surface area contributed by atoms with E-state index in [1.54, 1.807) is 57.4 Å². The maximum atomic E-state index is 12.7. The summed E-state index contributed by atoms with van der Waals surface area (Å²) in [4.78, 5) is 12.7. The Bertz CT molecular complexity index is 994. The van der Waals surface area contributed by atoms with Gasteiger partial charge in [0.1, 0.15) is 18.0 Å². The van der Waals surface area contributed by atoms with Crippen molar-refractivity contribution in [2.24, 2.45) is 0 Å². The topological polar surface area (TPSA) is 84.9 Å². The third-order valence-electron chi connectivity index (χ3n) is 4.48. The molecule has 0 heterocycles. The summed E-state index contributed by atoms with van der Waals surface area (Å²) in [5.74, 6) is 0.741. The maximum Gasteiger partial charge on any atom is 0.241 e. The monoisotopic (exact) mass is 440 g/mol. The average Bonchev–Trinajstić information content (AvgIpc) is 2.67. The van der Waals surface area contributed by atoms with Crippen molar-refractivity contribution in [2.45, 2.75) is 19.9 Å². The summed E-state index contributed by atoms with van der Waals surface area (Å²) < 4.78 is 36.3. The van der Waals surface area contributed by atoms with Crippen LogP contribution in [0, 0.1) is 6.92 Å². The SMILES string of the molecule is COc1ccc(OC)c(C(C)NC(=O)CN(c2cccc(Cl)c2C)S(C)(=O)=O)c1. The molecule has 29 heavy (non-hydrogen) atoms. The van der Waals surface area contributed by atoms with Gasteiger partial charge in [0, 0.05) is 10.6 Å². The molecule has 0 saturated carbocycles. The normalized spacial score (nSPS) is 12.2. The van der Waals surface area contributed by atoms with Crippen molar-refractivity contribution in [2.75, 3.05) is 31.3 Å². The highest BCUT2D eigenvalue weighted by Crippen LogP contribution is 2.30. The van der Waals surface area contributed by atoms with Crippen molar-refractivity contribution in [1.29, 1.82) is 0 Å². The predicted octanol–water partition coefficient (Wildman–Crippen LogP) is 3.31. The highest BCUT2D eigenvalue weighted by Gasteiger charge is 2.24. The third-order valence-corrected chi connectivity index (χ3v) is 6.01. The number of nitrogens with one attached hydrogen (secondary N) is 1. The second-order valence-electron chi connectivity index (χ2n) is 6.55. The lowest BCUT2D eigenvalue weighted by Gasteiger charge is -2.25. The number of sulfonamides is 1. The second-order valence-corrected chi connectivity index (χ2v) is 8.86. The fourth-order valence-electron chi connectivity index (χ4n) is 2.92. The number of amides is 1. The van der Waals surface area contributed by atoms with E-state index in [9.17, 15) is 13.2 Å². The molecule has 1 amide bonds. The highest BCUT2D eigenvalue weighted by molar-refractivity contribution is 7.92. The minimum Gasteiger partial charge on any atom is -0.497 e. The summed E-state index contributed by atoms with van der Waals surface area (Å²) in [6.45, 7) is 3.11. The van der Waals surface area contributed by atoms with Gasteiger partial charge in [0.25, 0.3) is 0 Å². The summed E-state index contributed by atoms with van der Waals surface area (Å²) in [6, 6.07) is 9.75. The van der Waals surface area contributed by atoms with Crippen LogP contribution in [0.3, 0.4) is 0 Å². The van der Waals surface area contributed by atoms with Gasteiger partial charge in [0.05, 0.1) is 32.2 Å². The van der Waals surface area contributed by atoms with Crippen molar-refractivity contribution in [3.8, 4) is 11.5 Å². The molecule has 9 heteroatoms. The molecule has 0 spiro atoms. The number of carbonyl (C=O) groups excluding carboxylic acids is 1. The zero-order valence-electron chi connectivity index (χ0n) is 17.0. The number of carbonyl (C=O) groups is 1. The highest BCUT2D eigenvalue weighted by atomic mass is 35.5. The van der Waals surface area contributed by atoms with Gasteiger partial charge in [-0.15, -0.1) is 0 Å². The summed E-state index contributed by atoms with van der Waals surface area (Å²) in [5, 5.41) is 3.24. The van der Waals surface area contributed by atoms with Crippen LogP contribution in [-0.4, -0.2) is 41.3 Å². The van der Waals surface area contributed by atoms with Gasteiger partial charge in [-0.05, 0) is 49.7 Å². The molecule has 0 radical (unpaired) electrons. The van der Waals surface area contributed by atoms with Crippen LogP contribution in [0.15, 0.2) is 36.4 Å². The Hall–Kier alpha value is -2.45. The van der Waals surface area contributed by atoms with Gasteiger partial charge in [-0.2, -0.15) is 0 Å². The van der Waals surface area contributed by atoms with E-state index < -0.39 is 22.0 Å². The summed E-state index contributed by atoms with van der Waals surface area (Å²) in [7, 11) is -0.624. The Kier molecular flexibility index (Phi) is 7.37. The number of rotatable bonds is 8. The fourth-order valence-corrected chi connectivity index (χ4v) is 4.00. The van der Waals surface area contributed by atoms with Crippen LogP contribution in [0.4, 0.5) is 5.69 Å². The Labute approximate surface area is 176 Å². The third kappa shape index (κ3) is 5.55. The van der Waals surface area contributed by atoms with E-state index in [0.717, 1.165) is 10.6 Å². The van der Waals surface area contributed by atoms with Crippen molar-refractivity contribution in [1.82, 2.24) is 5.32 Å². The molecule has 0 saturated heterocycles. The number of ether oxygens (including phenoxy) is 2. The minimum atomic E-state index is -3.71. The number of hydrogen-bond acceptors (Lipinski definition) is 5. The molecule has 1 atom stereocenters. The number of nitrogens with zero attached hydrogens (tertiary/aromatic N) is 1. The first-order chi connectivity index (χ1) is 13.6. The molecular weight excluding hydrogens is 416 g/mol. The number of anilines is 1. The minimum absolute atomic E-state index is 0.363. The van der Waals surface area contributed by atoms with Crippen molar-refractivity contribution < 1.29 is 22.7 Å². The molecule has 1 N–H and O–H groups in total. The Morgan fingerprint density at radius 3 is 2.48 bits per heavy atom. The Morgan fingerprint density at radius 1 is 1.21 bits per heavy atom. The zero-order valence-corrected chi connectivity index (χ0v) is 18.6. The molecular formula is C20H25ClN2O5S. The Balaban J connectivity index is 2.26. The number of hydrogen-bond donors (Lipinski definition) is 1. The van der Waals surface area contributed by atoms with Crippen molar-refractivity contribution in [3.05, 3.63) is 52.5 Å². The van der Waals surface area contributed by atoms with E-state index in [1.165, 1.54) is 7.11 Å². The van der Waals surface area contributed by atoms with Crippen LogP contribution in [0.2, 0.25) is 5.02 Å². The van der Waals surface area contributed by atoms with Gasteiger partial charge in [0.15, 0.2) is 0 Å². The van der Waals surface area contributed by atoms with Gasteiger partial charge in [-0.3, -0.25) is 9.10 Å². The summed E-state index contributed by atoms with van der Waals surface area (Å²) >= 11 is 6.12. The van der Waals surface area contributed by atoms with E-state index in [2.05, 4.69) is 5.32 Å². The fraction of sp³-hybridized carbons (Fsp3) is 0.350. The molecule has 158 valence electrons. The molecule has 0 aliphatic heterocycles. The van der Waals surface area contributed by atoms with Gasteiger partial charge in [0.2, 0.25) is 15.9 Å². The summed E-state index contributed by atoms with van der Waals surface area (Å²) in [5.41, 5.74) is 1.65. The molecule has 2 aromatic carbocycles. The maximum absolute atomic E-state index is 12.7. The molecule has 2 aromatic rings. The number of halogens is 1. The first kappa shape index (κ1) is 22.8. The van der Waals surface area contributed by atoms with E-state index in [4.69, 9.17) is 21.1 Å². The van der Waals surface area contributed by atoms with Crippen LogP contribution in [-0.2, 0) is 14.8 Å². The molecule has 0 fully saturated rings. The van der Waals surface area contributed by atoms with Gasteiger partial charge in [-0.25, -0.2) is 8.42 Å². The van der Waals surface area contributed by atoms with E-state index >= 15 is 0 Å². The first-order valence-electron chi connectivity index (χ1n) is 8.82. The van der Waals surface area contributed by atoms with Crippen LogP contribution in [0.1, 0.15) is 24.1 Å². The molecule has 2 rings (SSSR count). The van der Waals surface area contributed by atoms with Crippen LogP contribution in [0.5, 0.6) is 11.5 Å². The van der Waals surface area contributed by atoms with Gasteiger partial charge < -0.3 is 14.8 Å². The lowest BCUT2D eigenvalue weighted by molar-refractivity contribution is -0.120. The Morgan fingerprint density at radius 2 is 1.90 bits per heavy atom. The quantitative estimate of drug-likeness (QED) is 0.680. The van der Waals surface area contributed by atoms with E-state index in [0.29, 0.717) is 33.3 Å². The second kappa shape index (κ2) is 9.37. The smallest absolute Gasteiger partial charge is 0.241 e. The molecule has 0 aliphatic rings. The van der Waals surface area contributed by atoms with E-state index in [1.807, 2.05) is 0 Å². The lowest BCUT2D eigenvalue weighted by atomic mass is 10.1. The van der Waals surface area contributed by atoms with Crippen LogP contribution >= 0.6 is 11.6 Å². The average molecular weight is 441 g/mol. The van der Waals surface area contributed by atoms with Gasteiger partial charge >= 0.3 is 0 Å². The standard InChI is InChI=1S/C20H25ClN2O5S/c1-13-17(21)7-6-8-18(13)23(29(5,25)26)12-20(24)22-14(2)16-11-15(27-3)9-10-19(16)28-4/h6-11,14H,12H2,1-5H3,(H,22,24). The van der Waals surface area contributed by atoms with Crippen molar-refractivity contribution >= 4 is 33.2 Å². The summed E-state index contributed by atoms with van der Waals surface area (Å²) in [6.07, 6.45) is 1.05. The molecule has 0 bridgehead atoms. The number of benzene rings is 2. The zero-order chi connectivity index (χ0) is 21.8. The molecule has 0 aliphatic carbocycles. The van der Waals surface area contributed by atoms with E-state index in [-0.39, 0.29) is 6.54 Å². The molecule has 0 aromatic heterocycles.